The Balaban J connectivity index is 0.000000198. The molecule has 2 amide bonds. The van der Waals surface area contributed by atoms with Gasteiger partial charge in [-0.05, 0) is 114 Å². The molecular weight excluding hydrogens is 752 g/mol. The third kappa shape index (κ3) is 8.12. The van der Waals surface area contributed by atoms with E-state index in [1.807, 2.05) is 24.3 Å². The fraction of sp³-hybridized carbons (Fsp3) is 0.278. The van der Waals surface area contributed by atoms with Gasteiger partial charge in [-0.3, -0.25) is 14.6 Å². The number of halogens is 2. The molecule has 1 aliphatic carbocycles. The molecule has 0 saturated heterocycles. The summed E-state index contributed by atoms with van der Waals surface area (Å²) in [4.78, 5) is 35.4. The van der Waals surface area contributed by atoms with Gasteiger partial charge in [-0.25, -0.2) is 21.8 Å². The van der Waals surface area contributed by atoms with Crippen LogP contribution in [-0.2, 0) is 42.1 Å². The summed E-state index contributed by atoms with van der Waals surface area (Å²) < 4.78 is 48.2. The minimum Gasteiger partial charge on any atom is -0.323 e. The summed E-state index contributed by atoms with van der Waals surface area (Å²) >= 11 is 13.1. The minimum absolute atomic E-state index is 0.0405. The Labute approximate surface area is 311 Å². The van der Waals surface area contributed by atoms with Crippen LogP contribution in [0, 0.1) is 0 Å². The molecular formula is C36H36Cl2N4O6S3. The van der Waals surface area contributed by atoms with Crippen molar-refractivity contribution in [1.29, 1.82) is 0 Å². The van der Waals surface area contributed by atoms with E-state index in [4.69, 9.17) is 23.2 Å². The van der Waals surface area contributed by atoms with Gasteiger partial charge in [-0.2, -0.15) is 0 Å². The minimum atomic E-state index is -3.91. The summed E-state index contributed by atoms with van der Waals surface area (Å²) in [5.74, 6) is -1.22. The Hall–Kier alpha value is -3.88. The van der Waals surface area contributed by atoms with E-state index >= 15 is 0 Å². The van der Waals surface area contributed by atoms with Crippen LogP contribution in [0.4, 0.5) is 10.8 Å². The Morgan fingerprint density at radius 1 is 0.725 bits per heavy atom. The number of aromatic nitrogens is 2. The van der Waals surface area contributed by atoms with Gasteiger partial charge in [-0.15, -0.1) is 11.3 Å². The number of rotatable bonds is 8. The quantitative estimate of drug-likeness (QED) is 0.161. The summed E-state index contributed by atoms with van der Waals surface area (Å²) in [5.41, 5.74) is 2.25. The van der Waals surface area contributed by atoms with Crippen molar-refractivity contribution in [3.05, 3.63) is 106 Å². The lowest BCUT2D eigenvalue weighted by molar-refractivity contribution is -0.118. The highest BCUT2D eigenvalue weighted by Crippen LogP contribution is 2.33. The molecule has 0 spiro atoms. The molecule has 10 nitrogen and oxygen atoms in total. The average molecular weight is 788 g/mol. The van der Waals surface area contributed by atoms with Crippen LogP contribution < -0.4 is 10.6 Å². The number of thiazole rings is 1. The maximum atomic E-state index is 12.9. The van der Waals surface area contributed by atoms with Crippen LogP contribution in [0.3, 0.4) is 0 Å². The van der Waals surface area contributed by atoms with Crippen LogP contribution >= 0.6 is 34.5 Å². The number of benzene rings is 3. The highest BCUT2D eigenvalue weighted by atomic mass is 35.5. The van der Waals surface area contributed by atoms with Crippen molar-refractivity contribution in [2.24, 2.45) is 0 Å². The number of hydrogen-bond donors (Lipinski definition) is 2. The van der Waals surface area contributed by atoms with Gasteiger partial charge in [-0.1, -0.05) is 41.4 Å². The van der Waals surface area contributed by atoms with Gasteiger partial charge in [0.05, 0.1) is 32.9 Å². The van der Waals surface area contributed by atoms with E-state index in [0.717, 1.165) is 42.3 Å². The highest BCUT2D eigenvalue weighted by Gasteiger charge is 2.44. The standard InChI is InChI=1S/C19H17ClN2O3S.C17H19ClN2O3S2/c1-19(2,26(24,25)16-9-7-14(20)8-10-16)18(23)22-15-11-13-5-3-4-6-17(13)21-12-15;1-17(2,25(22,23)12-9-7-11(18)8-10-12)15(21)20-16-19-13-5-3-4-6-14(13)24-16/h3-12H,1-2H3,(H,22,23);7-10H,3-6H2,1-2H3,(H,19,20,21). The van der Waals surface area contributed by atoms with Crippen LogP contribution in [0.15, 0.2) is 94.9 Å². The molecule has 0 aliphatic heterocycles. The van der Waals surface area contributed by atoms with Crippen molar-refractivity contribution in [2.75, 3.05) is 10.6 Å². The highest BCUT2D eigenvalue weighted by molar-refractivity contribution is 7.94. The van der Waals surface area contributed by atoms with Crippen molar-refractivity contribution in [1.82, 2.24) is 9.97 Å². The maximum absolute atomic E-state index is 12.9. The molecule has 0 radical (unpaired) electrons. The van der Waals surface area contributed by atoms with Gasteiger partial charge < -0.3 is 10.6 Å². The number of nitrogens with zero attached hydrogens (tertiary/aromatic N) is 2. The third-order valence-electron chi connectivity index (χ3n) is 8.60. The van der Waals surface area contributed by atoms with Crippen LogP contribution in [0.5, 0.6) is 0 Å². The molecule has 0 fully saturated rings. The smallest absolute Gasteiger partial charge is 0.247 e. The molecule has 268 valence electrons. The Kier molecular flexibility index (Phi) is 11.3. The first-order chi connectivity index (χ1) is 23.9. The number of carbonyl (C=O) groups excluding carboxylic acids is 2. The SMILES string of the molecule is CC(C)(C(=O)Nc1cnc2ccccc2c1)S(=O)(=O)c1ccc(Cl)cc1.CC(C)(C(=O)Nc1nc2c(s1)CCCC2)S(=O)(=O)c1ccc(Cl)cc1. The second-order valence-electron chi connectivity index (χ2n) is 12.9. The molecule has 15 heteroatoms. The number of sulfone groups is 2. The molecule has 3 aromatic carbocycles. The topological polar surface area (TPSA) is 152 Å². The first-order valence-electron chi connectivity index (χ1n) is 15.9. The van der Waals surface area contributed by atoms with Crippen molar-refractivity contribution >= 4 is 87.7 Å². The van der Waals surface area contributed by atoms with E-state index in [9.17, 15) is 26.4 Å². The van der Waals surface area contributed by atoms with Crippen molar-refractivity contribution in [2.45, 2.75) is 72.7 Å². The molecule has 51 heavy (non-hydrogen) atoms. The predicted octanol–water partition coefficient (Wildman–Crippen LogP) is 7.95. The Morgan fingerprint density at radius 3 is 1.78 bits per heavy atom. The van der Waals surface area contributed by atoms with E-state index in [-0.39, 0.29) is 9.79 Å². The maximum Gasteiger partial charge on any atom is 0.247 e. The van der Waals surface area contributed by atoms with Gasteiger partial charge in [0.1, 0.15) is 9.49 Å². The first-order valence-corrected chi connectivity index (χ1v) is 20.4. The molecule has 2 N–H and O–H groups in total. The number of hydrogen-bond acceptors (Lipinski definition) is 9. The molecule has 1 aliphatic rings. The van der Waals surface area contributed by atoms with E-state index in [1.165, 1.54) is 98.6 Å². The van der Waals surface area contributed by atoms with Gasteiger partial charge >= 0.3 is 0 Å². The first kappa shape index (κ1) is 38.4. The summed E-state index contributed by atoms with van der Waals surface area (Å²) in [6, 6.07) is 20.8. The summed E-state index contributed by atoms with van der Waals surface area (Å²) in [7, 11) is -7.78. The average Bonchev–Trinajstić information content (AvgIpc) is 3.51. The number of aryl methyl sites for hydroxylation is 2. The monoisotopic (exact) mass is 786 g/mol. The van der Waals surface area contributed by atoms with Crippen LogP contribution in [0.25, 0.3) is 10.9 Å². The van der Waals surface area contributed by atoms with E-state index < -0.39 is 41.0 Å². The van der Waals surface area contributed by atoms with Crippen molar-refractivity contribution in [3.63, 3.8) is 0 Å². The number of nitrogens with one attached hydrogen (secondary N) is 2. The molecule has 0 saturated carbocycles. The van der Waals surface area contributed by atoms with Crippen molar-refractivity contribution in [3.8, 4) is 0 Å². The van der Waals surface area contributed by atoms with Crippen LogP contribution in [0.1, 0.15) is 51.1 Å². The summed E-state index contributed by atoms with van der Waals surface area (Å²) in [6.45, 7) is 5.56. The number of anilines is 2. The zero-order chi connectivity index (χ0) is 37.2. The fourth-order valence-electron chi connectivity index (χ4n) is 5.13. The number of amides is 2. The van der Waals surface area contributed by atoms with Gasteiger partial charge in [0.2, 0.25) is 11.8 Å². The molecule has 0 atom stereocenters. The van der Waals surface area contributed by atoms with Gasteiger partial charge in [0, 0.05) is 20.3 Å². The van der Waals surface area contributed by atoms with Gasteiger partial charge in [0.25, 0.3) is 0 Å². The molecule has 0 bridgehead atoms. The second kappa shape index (κ2) is 15.0. The lowest BCUT2D eigenvalue weighted by atomic mass is 10.0. The van der Waals surface area contributed by atoms with E-state index in [2.05, 4.69) is 20.6 Å². The van der Waals surface area contributed by atoms with Crippen LogP contribution in [0.2, 0.25) is 10.0 Å². The fourth-order valence-corrected chi connectivity index (χ4v) is 9.19. The largest absolute Gasteiger partial charge is 0.323 e. The predicted molar refractivity (Wildman–Crippen MR) is 203 cm³/mol. The Bertz CT molecular complexity index is 2280. The number of carbonyl (C=O) groups is 2. The third-order valence-corrected chi connectivity index (χ3v) is 15.0. The molecule has 6 rings (SSSR count). The lowest BCUT2D eigenvalue weighted by Crippen LogP contribution is -2.44. The molecule has 0 unspecified atom stereocenters. The van der Waals surface area contributed by atoms with Crippen LogP contribution in [-0.4, -0.2) is 48.1 Å². The van der Waals surface area contributed by atoms with E-state index in [1.54, 1.807) is 6.07 Å². The Morgan fingerprint density at radius 2 is 1.24 bits per heavy atom. The molecule has 2 heterocycles. The number of pyridine rings is 1. The lowest BCUT2D eigenvalue weighted by Gasteiger charge is -2.24. The zero-order valence-corrected chi connectivity index (χ0v) is 32.2. The number of fused-ring (bicyclic) bond motifs is 2. The molecule has 5 aromatic rings. The van der Waals surface area contributed by atoms with Crippen molar-refractivity contribution < 1.29 is 26.4 Å². The summed E-state index contributed by atoms with van der Waals surface area (Å²) in [5, 5.41) is 7.53. The van der Waals surface area contributed by atoms with E-state index in [0.29, 0.717) is 20.9 Å². The normalized spacial score (nSPS) is 13.5. The molecule has 2 aromatic heterocycles. The summed E-state index contributed by atoms with van der Waals surface area (Å²) in [6.07, 6.45) is 5.61. The second-order valence-corrected chi connectivity index (χ2v) is 19.8. The number of para-hydroxylation sites is 1. The van der Waals surface area contributed by atoms with Gasteiger partial charge in [0.15, 0.2) is 24.8 Å². The zero-order valence-electron chi connectivity index (χ0n) is 28.2.